The van der Waals surface area contributed by atoms with Crippen molar-refractivity contribution in [2.24, 2.45) is 5.92 Å². The van der Waals surface area contributed by atoms with Crippen LogP contribution in [-0.2, 0) is 32.0 Å². The van der Waals surface area contributed by atoms with E-state index in [0.29, 0.717) is 30.3 Å². The van der Waals surface area contributed by atoms with E-state index >= 15 is 0 Å². The van der Waals surface area contributed by atoms with E-state index in [1.807, 2.05) is 13.8 Å². The van der Waals surface area contributed by atoms with Crippen LogP contribution in [0.5, 0.6) is 11.5 Å². The molecule has 1 aromatic carbocycles. The molecule has 0 saturated heterocycles. The van der Waals surface area contributed by atoms with Crippen molar-refractivity contribution in [2.75, 3.05) is 50.7 Å². The van der Waals surface area contributed by atoms with E-state index in [2.05, 4.69) is 4.98 Å². The summed E-state index contributed by atoms with van der Waals surface area (Å²) in [7, 11) is 1.43. The van der Waals surface area contributed by atoms with Gasteiger partial charge in [0.2, 0.25) is 0 Å². The summed E-state index contributed by atoms with van der Waals surface area (Å²) in [5.74, 6) is -0.302. The summed E-state index contributed by atoms with van der Waals surface area (Å²) < 4.78 is 22.4. The highest BCUT2D eigenvalue weighted by atomic mass is 16.6. The Kier molecular flexibility index (Phi) is 8.53. The standard InChI is InChI=1S/C23H30N4O8/c1-14(2)12-27-21(24)20(22(30)25-23(27)31)26(6-7-32-3)18(28)13-35-19(29)11-15-4-5-16-17(10-15)34-9-8-33-16/h4-5,10,14H,6-9,11-13,24H2,1-3H3,(H,25,30,31). The van der Waals surface area contributed by atoms with Crippen molar-refractivity contribution in [3.63, 3.8) is 0 Å². The molecular formula is C23H30N4O8. The number of methoxy groups -OCH3 is 1. The fourth-order valence-electron chi connectivity index (χ4n) is 3.56. The Morgan fingerprint density at radius 3 is 2.60 bits per heavy atom. The Balaban J connectivity index is 1.74. The van der Waals surface area contributed by atoms with Crippen LogP contribution in [0.4, 0.5) is 11.5 Å². The molecule has 0 saturated carbocycles. The number of hydrogen-bond acceptors (Lipinski definition) is 9. The molecule has 0 atom stereocenters. The van der Waals surface area contributed by atoms with Crippen LogP contribution in [0.1, 0.15) is 19.4 Å². The molecule has 1 aliphatic rings. The second kappa shape index (κ2) is 11.6. The van der Waals surface area contributed by atoms with Crippen molar-refractivity contribution < 1.29 is 28.5 Å². The van der Waals surface area contributed by atoms with Crippen LogP contribution >= 0.6 is 0 Å². The number of fused-ring (bicyclic) bond motifs is 1. The topological polar surface area (TPSA) is 155 Å². The SMILES string of the molecule is COCCN(C(=O)COC(=O)Cc1ccc2c(c1)OCCO2)c1c(N)n(CC(C)C)c(=O)[nH]c1=O. The Labute approximate surface area is 201 Å². The van der Waals surface area contributed by atoms with Gasteiger partial charge in [-0.05, 0) is 23.6 Å². The average molecular weight is 491 g/mol. The maximum absolute atomic E-state index is 13.0. The van der Waals surface area contributed by atoms with Crippen molar-refractivity contribution in [1.82, 2.24) is 9.55 Å². The lowest BCUT2D eigenvalue weighted by atomic mass is 10.1. The zero-order valence-electron chi connectivity index (χ0n) is 20.0. The molecule has 12 nitrogen and oxygen atoms in total. The van der Waals surface area contributed by atoms with Crippen LogP contribution in [-0.4, -0.2) is 61.5 Å². The molecule has 2 heterocycles. The number of nitrogens with zero attached hydrogens (tertiary/aromatic N) is 2. The van der Waals surface area contributed by atoms with Crippen LogP contribution in [0.3, 0.4) is 0 Å². The molecule has 0 bridgehead atoms. The van der Waals surface area contributed by atoms with Crippen LogP contribution < -0.4 is 31.4 Å². The summed E-state index contributed by atoms with van der Waals surface area (Å²) in [6.45, 7) is 4.29. The predicted octanol–water partition coefficient (Wildman–Crippen LogP) is 0.311. The van der Waals surface area contributed by atoms with Crippen molar-refractivity contribution in [2.45, 2.75) is 26.8 Å². The van der Waals surface area contributed by atoms with Crippen LogP contribution in [0.2, 0.25) is 0 Å². The third-order valence-electron chi connectivity index (χ3n) is 5.16. The van der Waals surface area contributed by atoms with E-state index in [9.17, 15) is 19.2 Å². The Morgan fingerprint density at radius 2 is 1.91 bits per heavy atom. The molecule has 3 N–H and O–H groups in total. The van der Waals surface area contributed by atoms with E-state index in [1.165, 1.54) is 11.7 Å². The number of amides is 1. The molecule has 0 fully saturated rings. The number of H-pyrrole nitrogens is 1. The number of aromatic nitrogens is 2. The normalized spacial score (nSPS) is 12.5. The van der Waals surface area contributed by atoms with Crippen LogP contribution in [0.25, 0.3) is 0 Å². The number of nitrogen functional groups attached to an aromatic ring is 1. The first-order chi connectivity index (χ1) is 16.7. The lowest BCUT2D eigenvalue weighted by molar-refractivity contribution is -0.147. The second-order valence-electron chi connectivity index (χ2n) is 8.35. The van der Waals surface area contributed by atoms with E-state index in [1.54, 1.807) is 18.2 Å². The number of benzene rings is 1. The molecule has 12 heteroatoms. The number of hydrogen-bond donors (Lipinski definition) is 2. The third kappa shape index (κ3) is 6.41. The van der Waals surface area contributed by atoms with Crippen molar-refractivity contribution in [3.8, 4) is 11.5 Å². The number of esters is 1. The maximum atomic E-state index is 13.0. The molecule has 35 heavy (non-hydrogen) atoms. The zero-order chi connectivity index (χ0) is 25.5. The minimum atomic E-state index is -0.820. The Hall–Kier alpha value is -3.80. The van der Waals surface area contributed by atoms with Crippen molar-refractivity contribution in [3.05, 3.63) is 44.6 Å². The van der Waals surface area contributed by atoms with Crippen LogP contribution in [0.15, 0.2) is 27.8 Å². The van der Waals surface area contributed by atoms with Gasteiger partial charge in [0.25, 0.3) is 11.5 Å². The molecule has 2 aromatic rings. The number of carbonyl (C=O) groups is 2. The van der Waals surface area contributed by atoms with Gasteiger partial charge in [-0.25, -0.2) is 4.79 Å². The molecule has 1 aromatic heterocycles. The summed E-state index contributed by atoms with van der Waals surface area (Å²) in [6, 6.07) is 5.09. The number of nitrogens with two attached hydrogens (primary N) is 1. The summed E-state index contributed by atoms with van der Waals surface area (Å²) in [6.07, 6.45) is -0.0933. The highest BCUT2D eigenvalue weighted by Gasteiger charge is 2.25. The van der Waals surface area contributed by atoms with Gasteiger partial charge in [-0.15, -0.1) is 0 Å². The molecule has 190 valence electrons. The first-order valence-electron chi connectivity index (χ1n) is 11.2. The average Bonchev–Trinajstić information content (AvgIpc) is 2.82. The quantitative estimate of drug-likeness (QED) is 0.448. The zero-order valence-corrected chi connectivity index (χ0v) is 20.0. The Bertz CT molecular complexity index is 1190. The maximum Gasteiger partial charge on any atom is 0.330 e. The van der Waals surface area contributed by atoms with Crippen molar-refractivity contribution >= 4 is 23.4 Å². The molecule has 1 aliphatic heterocycles. The number of nitrogens with one attached hydrogen (secondary N) is 1. The van der Waals surface area contributed by atoms with Crippen molar-refractivity contribution in [1.29, 1.82) is 0 Å². The van der Waals surface area contributed by atoms with E-state index in [-0.39, 0.29) is 43.5 Å². The third-order valence-corrected chi connectivity index (χ3v) is 5.16. The summed E-state index contributed by atoms with van der Waals surface area (Å²) in [5, 5.41) is 0. The molecule has 0 aliphatic carbocycles. The first kappa shape index (κ1) is 25.8. The summed E-state index contributed by atoms with van der Waals surface area (Å²) in [4.78, 5) is 53.5. The van der Waals surface area contributed by atoms with Gasteiger partial charge < -0.3 is 24.7 Å². The van der Waals surface area contributed by atoms with Gasteiger partial charge >= 0.3 is 11.7 Å². The molecule has 0 spiro atoms. The number of rotatable bonds is 10. The largest absolute Gasteiger partial charge is 0.486 e. The van der Waals surface area contributed by atoms with Gasteiger partial charge in [0, 0.05) is 20.2 Å². The predicted molar refractivity (Wildman–Crippen MR) is 127 cm³/mol. The molecular weight excluding hydrogens is 460 g/mol. The summed E-state index contributed by atoms with van der Waals surface area (Å²) >= 11 is 0. The second-order valence-corrected chi connectivity index (χ2v) is 8.35. The van der Waals surface area contributed by atoms with Gasteiger partial charge in [0.05, 0.1) is 13.0 Å². The van der Waals surface area contributed by atoms with Gasteiger partial charge in [-0.3, -0.25) is 28.8 Å². The highest BCUT2D eigenvalue weighted by molar-refractivity contribution is 5.97. The first-order valence-corrected chi connectivity index (χ1v) is 11.2. The van der Waals surface area contributed by atoms with Gasteiger partial charge in [0.15, 0.2) is 23.8 Å². The lowest BCUT2D eigenvalue weighted by Gasteiger charge is -2.24. The van der Waals surface area contributed by atoms with E-state index in [4.69, 9.17) is 24.7 Å². The fourth-order valence-corrected chi connectivity index (χ4v) is 3.56. The highest BCUT2D eigenvalue weighted by Crippen LogP contribution is 2.30. The monoisotopic (exact) mass is 490 g/mol. The number of ether oxygens (including phenoxy) is 4. The van der Waals surface area contributed by atoms with E-state index in [0.717, 1.165) is 4.90 Å². The van der Waals surface area contributed by atoms with Gasteiger partial charge in [-0.1, -0.05) is 19.9 Å². The van der Waals surface area contributed by atoms with Gasteiger partial charge in [0.1, 0.15) is 19.0 Å². The smallest absolute Gasteiger partial charge is 0.330 e. The minimum absolute atomic E-state index is 0.0395. The number of carbonyl (C=O) groups excluding carboxylic acids is 2. The number of aromatic amines is 1. The van der Waals surface area contributed by atoms with Crippen LogP contribution in [0, 0.1) is 5.92 Å². The molecule has 3 rings (SSSR count). The molecule has 0 radical (unpaired) electrons. The van der Waals surface area contributed by atoms with E-state index < -0.39 is 29.7 Å². The minimum Gasteiger partial charge on any atom is -0.486 e. The van der Waals surface area contributed by atoms with Gasteiger partial charge in [-0.2, -0.15) is 0 Å². The lowest BCUT2D eigenvalue weighted by Crippen LogP contribution is -2.44. The Morgan fingerprint density at radius 1 is 1.20 bits per heavy atom. The summed E-state index contributed by atoms with van der Waals surface area (Å²) in [5.41, 5.74) is 5.07. The molecule has 0 unspecified atom stereocenters. The molecule has 1 amide bonds. The number of anilines is 2. The fraction of sp³-hybridized carbons (Fsp3) is 0.478.